The van der Waals surface area contributed by atoms with E-state index in [0.717, 1.165) is 38.7 Å². The van der Waals surface area contributed by atoms with E-state index in [1.54, 1.807) is 0 Å². The topological polar surface area (TPSA) is 36.9 Å². The van der Waals surface area contributed by atoms with Crippen molar-refractivity contribution in [1.82, 2.24) is 10.2 Å². The molecule has 120 valence electrons. The Labute approximate surface area is 146 Å². The largest absolute Gasteiger partial charge is 0.380 e. The highest BCUT2D eigenvalue weighted by atomic mass is 127. The zero-order valence-corrected chi connectivity index (χ0v) is 15.7. The molecule has 0 aromatic heterocycles. The van der Waals surface area contributed by atoms with Gasteiger partial charge in [-0.25, -0.2) is 0 Å². The third kappa shape index (κ3) is 8.93. The lowest BCUT2D eigenvalue weighted by molar-refractivity contribution is 0.135. The van der Waals surface area contributed by atoms with Gasteiger partial charge in [0, 0.05) is 33.8 Å². The molecule has 4 nitrogen and oxygen atoms in total. The number of unbranched alkanes of at least 4 members (excludes halogenated alkanes) is 1. The van der Waals surface area contributed by atoms with E-state index in [4.69, 9.17) is 4.74 Å². The van der Waals surface area contributed by atoms with Gasteiger partial charge in [-0.1, -0.05) is 43.7 Å². The van der Waals surface area contributed by atoms with Gasteiger partial charge in [-0.3, -0.25) is 4.99 Å². The lowest BCUT2D eigenvalue weighted by Crippen LogP contribution is -2.39. The molecule has 0 atom stereocenters. The molecule has 1 N–H and O–H groups in total. The van der Waals surface area contributed by atoms with Crippen LogP contribution in [0.4, 0.5) is 0 Å². The fraction of sp³-hybridized carbons (Fsp3) is 0.562. The maximum Gasteiger partial charge on any atom is 0.193 e. The second-order valence-electron chi connectivity index (χ2n) is 4.78. The van der Waals surface area contributed by atoms with Gasteiger partial charge in [-0.05, 0) is 12.0 Å². The number of hydrogen-bond acceptors (Lipinski definition) is 2. The Kier molecular flexibility index (Phi) is 12.4. The van der Waals surface area contributed by atoms with Gasteiger partial charge in [-0.15, -0.1) is 24.0 Å². The summed E-state index contributed by atoms with van der Waals surface area (Å²) in [5, 5.41) is 3.32. The molecule has 0 aliphatic rings. The van der Waals surface area contributed by atoms with Crippen molar-refractivity contribution >= 4 is 29.9 Å². The van der Waals surface area contributed by atoms with Gasteiger partial charge >= 0.3 is 0 Å². The number of nitrogens with one attached hydrogen (secondary N) is 1. The molecule has 0 saturated heterocycles. The molecule has 1 rings (SSSR count). The smallest absolute Gasteiger partial charge is 0.193 e. The van der Waals surface area contributed by atoms with E-state index in [0.29, 0.717) is 0 Å². The van der Waals surface area contributed by atoms with Crippen LogP contribution in [0.3, 0.4) is 0 Å². The molecular weight excluding hydrogens is 377 g/mol. The first-order valence-electron chi connectivity index (χ1n) is 7.31. The molecule has 5 heteroatoms. The second kappa shape index (κ2) is 12.9. The van der Waals surface area contributed by atoms with Crippen LogP contribution in [0.2, 0.25) is 0 Å². The van der Waals surface area contributed by atoms with Gasteiger partial charge in [0.2, 0.25) is 0 Å². The number of aliphatic imine (C=N–C) groups is 1. The van der Waals surface area contributed by atoms with Crippen molar-refractivity contribution in [2.24, 2.45) is 4.99 Å². The Hall–Kier alpha value is -0.820. The van der Waals surface area contributed by atoms with E-state index >= 15 is 0 Å². The van der Waals surface area contributed by atoms with Crippen LogP contribution < -0.4 is 5.32 Å². The molecule has 21 heavy (non-hydrogen) atoms. The van der Waals surface area contributed by atoms with Crippen molar-refractivity contribution in [2.45, 2.75) is 26.3 Å². The maximum absolute atomic E-state index is 5.53. The highest BCUT2D eigenvalue weighted by Crippen LogP contribution is 2.02. The fourth-order valence-electron chi connectivity index (χ4n) is 1.90. The molecule has 0 fully saturated rings. The highest BCUT2D eigenvalue weighted by molar-refractivity contribution is 14.0. The number of hydrogen-bond donors (Lipinski definition) is 1. The van der Waals surface area contributed by atoms with Crippen LogP contribution in [0, 0.1) is 0 Å². The number of ether oxygens (including phenoxy) is 1. The molecule has 0 aliphatic heterocycles. The average Bonchev–Trinajstić information content (AvgIpc) is 2.47. The molecule has 0 heterocycles. The number of rotatable bonds is 8. The van der Waals surface area contributed by atoms with Crippen LogP contribution in [0.5, 0.6) is 0 Å². The van der Waals surface area contributed by atoms with E-state index in [-0.39, 0.29) is 24.0 Å². The van der Waals surface area contributed by atoms with Crippen molar-refractivity contribution in [3.8, 4) is 0 Å². The SMILES string of the molecule is CCCCOCCNC(=NC)N(C)Cc1ccccc1.I. The molecule has 0 bridgehead atoms. The molecule has 0 saturated carbocycles. The summed E-state index contributed by atoms with van der Waals surface area (Å²) in [4.78, 5) is 6.41. The van der Waals surface area contributed by atoms with Crippen LogP contribution in [0.25, 0.3) is 0 Å². The number of benzene rings is 1. The van der Waals surface area contributed by atoms with Crippen LogP contribution >= 0.6 is 24.0 Å². The van der Waals surface area contributed by atoms with Gasteiger partial charge < -0.3 is 15.0 Å². The molecule has 0 unspecified atom stereocenters. The quantitative estimate of drug-likeness (QED) is 0.313. The average molecular weight is 405 g/mol. The third-order valence-corrected chi connectivity index (χ3v) is 3.01. The van der Waals surface area contributed by atoms with Gasteiger partial charge in [0.15, 0.2) is 5.96 Å². The third-order valence-electron chi connectivity index (χ3n) is 3.01. The van der Waals surface area contributed by atoms with Crippen molar-refractivity contribution in [3.05, 3.63) is 35.9 Å². The molecule has 0 spiro atoms. The molecule has 0 radical (unpaired) electrons. The lowest BCUT2D eigenvalue weighted by Gasteiger charge is -2.22. The summed E-state index contributed by atoms with van der Waals surface area (Å²) in [6, 6.07) is 10.4. The first kappa shape index (κ1) is 20.2. The predicted molar refractivity (Wildman–Crippen MR) is 100 cm³/mol. The molecular formula is C16H28IN3O. The van der Waals surface area contributed by atoms with Crippen molar-refractivity contribution < 1.29 is 4.74 Å². The fourth-order valence-corrected chi connectivity index (χ4v) is 1.90. The normalized spacial score (nSPS) is 10.9. The number of halogens is 1. The first-order chi connectivity index (χ1) is 9.77. The Bertz CT molecular complexity index is 384. The summed E-state index contributed by atoms with van der Waals surface area (Å²) in [6.07, 6.45) is 2.30. The monoisotopic (exact) mass is 405 g/mol. The van der Waals surface area contributed by atoms with Gasteiger partial charge in [0.05, 0.1) is 6.61 Å². The zero-order valence-electron chi connectivity index (χ0n) is 13.3. The Morgan fingerprint density at radius 1 is 1.24 bits per heavy atom. The predicted octanol–water partition coefficient (Wildman–Crippen LogP) is 3.13. The number of guanidine groups is 1. The molecule has 1 aromatic rings. The lowest BCUT2D eigenvalue weighted by atomic mass is 10.2. The summed E-state index contributed by atoms with van der Waals surface area (Å²) in [7, 11) is 3.85. The van der Waals surface area contributed by atoms with Crippen LogP contribution in [-0.4, -0.2) is 44.7 Å². The van der Waals surface area contributed by atoms with Crippen molar-refractivity contribution in [3.63, 3.8) is 0 Å². The van der Waals surface area contributed by atoms with E-state index in [2.05, 4.69) is 46.4 Å². The maximum atomic E-state index is 5.53. The minimum absolute atomic E-state index is 0. The summed E-state index contributed by atoms with van der Waals surface area (Å²) in [6.45, 7) is 5.36. The Balaban J connectivity index is 0.00000400. The van der Waals surface area contributed by atoms with Crippen molar-refractivity contribution in [1.29, 1.82) is 0 Å². The minimum Gasteiger partial charge on any atom is -0.380 e. The molecule has 1 aromatic carbocycles. The summed E-state index contributed by atoms with van der Waals surface area (Å²) >= 11 is 0. The van der Waals surface area contributed by atoms with Gasteiger partial charge in [0.1, 0.15) is 0 Å². The summed E-state index contributed by atoms with van der Waals surface area (Å²) < 4.78 is 5.53. The van der Waals surface area contributed by atoms with Gasteiger partial charge in [-0.2, -0.15) is 0 Å². The van der Waals surface area contributed by atoms with Gasteiger partial charge in [0.25, 0.3) is 0 Å². The second-order valence-corrected chi connectivity index (χ2v) is 4.78. The van der Waals surface area contributed by atoms with Crippen molar-refractivity contribution in [2.75, 3.05) is 33.9 Å². The summed E-state index contributed by atoms with van der Waals surface area (Å²) in [5.74, 6) is 0.896. The van der Waals surface area contributed by atoms with Crippen LogP contribution in [0.1, 0.15) is 25.3 Å². The molecule has 0 amide bonds. The van der Waals surface area contributed by atoms with E-state index in [1.807, 2.05) is 20.2 Å². The highest BCUT2D eigenvalue weighted by Gasteiger charge is 2.05. The Morgan fingerprint density at radius 2 is 1.95 bits per heavy atom. The van der Waals surface area contributed by atoms with Crippen LogP contribution in [0.15, 0.2) is 35.3 Å². The minimum atomic E-state index is 0. The number of nitrogens with zero attached hydrogens (tertiary/aromatic N) is 2. The standard InChI is InChI=1S/C16H27N3O.HI/c1-4-5-12-20-13-11-18-16(17-2)19(3)14-15-9-7-6-8-10-15;/h6-10H,4-5,11-14H2,1-3H3,(H,17,18);1H. The molecule has 0 aliphatic carbocycles. The zero-order chi connectivity index (χ0) is 14.6. The van der Waals surface area contributed by atoms with E-state index in [1.165, 1.54) is 12.0 Å². The van der Waals surface area contributed by atoms with E-state index in [9.17, 15) is 0 Å². The summed E-state index contributed by atoms with van der Waals surface area (Å²) in [5.41, 5.74) is 1.28. The first-order valence-corrected chi connectivity index (χ1v) is 7.31. The van der Waals surface area contributed by atoms with Crippen LogP contribution in [-0.2, 0) is 11.3 Å². The Morgan fingerprint density at radius 3 is 2.57 bits per heavy atom. The van der Waals surface area contributed by atoms with E-state index < -0.39 is 0 Å².